The van der Waals surface area contributed by atoms with Crippen molar-refractivity contribution in [3.63, 3.8) is 0 Å². The van der Waals surface area contributed by atoms with Gasteiger partial charge in [-0.3, -0.25) is 0 Å². The predicted octanol–water partition coefficient (Wildman–Crippen LogP) is 1.84. The van der Waals surface area contributed by atoms with Crippen LogP contribution in [0.5, 0.6) is 0 Å². The summed E-state index contributed by atoms with van der Waals surface area (Å²) in [7, 11) is 0. The van der Waals surface area contributed by atoms with Gasteiger partial charge in [0.15, 0.2) is 0 Å². The Hall–Kier alpha value is -0.921. The summed E-state index contributed by atoms with van der Waals surface area (Å²) < 4.78 is 92.0. The fourth-order valence-corrected chi connectivity index (χ4v) is 1.98. The predicted molar refractivity (Wildman–Crippen MR) is 44.7 cm³/mol. The molecule has 0 radical (unpaired) electrons. The van der Waals surface area contributed by atoms with Gasteiger partial charge < -0.3 is 0 Å². The Morgan fingerprint density at radius 3 is 1.47 bits per heavy atom. The molecule has 1 rings (SSSR count). The van der Waals surface area contributed by atoms with Crippen LogP contribution in [0.2, 0.25) is 0 Å². The van der Waals surface area contributed by atoms with Gasteiger partial charge in [0.2, 0.25) is 0 Å². The third-order valence-electron chi connectivity index (χ3n) is 1.76. The Balaban J connectivity index is 3.45. The zero-order valence-electron chi connectivity index (χ0n) is 7.76. The molecule has 0 bridgehead atoms. The van der Waals surface area contributed by atoms with Gasteiger partial charge in [-0.1, -0.05) is 0 Å². The van der Waals surface area contributed by atoms with Gasteiger partial charge in [0.25, 0.3) is 0 Å². The first-order valence-corrected chi connectivity index (χ1v) is 6.24. The molecule has 0 fully saturated rings. The summed E-state index contributed by atoms with van der Waals surface area (Å²) in [5.74, 6) is 0. The summed E-state index contributed by atoms with van der Waals surface area (Å²) in [5, 5.41) is 0. The second-order valence-corrected chi connectivity index (χ2v) is 5.03. The monoisotopic (exact) mass is 326 g/mol. The Labute approximate surface area is 95.3 Å². The van der Waals surface area contributed by atoms with Gasteiger partial charge in [0.1, 0.15) is 0 Å². The van der Waals surface area contributed by atoms with Crippen LogP contribution >= 0.6 is 0 Å². The summed E-state index contributed by atoms with van der Waals surface area (Å²) in [6.45, 7) is 0. The van der Waals surface area contributed by atoms with Crippen molar-refractivity contribution in [3.05, 3.63) is 29.3 Å². The Morgan fingerprint density at radius 1 is 0.882 bits per heavy atom. The molecule has 1 unspecified atom stereocenters. The van der Waals surface area contributed by atoms with Gasteiger partial charge in [0.05, 0.1) is 0 Å². The van der Waals surface area contributed by atoms with Gasteiger partial charge in [-0.25, -0.2) is 0 Å². The van der Waals surface area contributed by atoms with E-state index in [0.29, 0.717) is 0 Å². The van der Waals surface area contributed by atoms with Crippen LogP contribution in [0.15, 0.2) is 18.2 Å². The minimum absolute atomic E-state index is 0.0992. The molecular weight excluding hydrogens is 321 g/mol. The van der Waals surface area contributed by atoms with Crippen molar-refractivity contribution in [1.82, 2.24) is 0 Å². The van der Waals surface area contributed by atoms with E-state index in [1.807, 2.05) is 0 Å². The van der Waals surface area contributed by atoms with E-state index < -0.39 is 42.1 Å². The maximum absolute atomic E-state index is 12.3. The summed E-state index contributed by atoms with van der Waals surface area (Å²) in [5.41, 5.74) is -3.19. The molecule has 0 saturated carbocycles. The number of halogens is 6. The van der Waals surface area contributed by atoms with Crippen LogP contribution in [0.4, 0.5) is 26.3 Å². The SMILES string of the molecule is O=[Se](O)c1cc(C(F)(F)F)cc(C(F)(F)F)c1. The quantitative estimate of drug-likeness (QED) is 0.632. The summed E-state index contributed by atoms with van der Waals surface area (Å²) >= 11 is -3.85. The molecule has 1 atom stereocenters. The zero-order chi connectivity index (χ0) is 13.4. The van der Waals surface area contributed by atoms with Crippen LogP contribution in [0.25, 0.3) is 0 Å². The molecule has 0 spiro atoms. The molecule has 0 amide bonds. The van der Waals surface area contributed by atoms with E-state index in [4.69, 9.17) is 4.19 Å². The fraction of sp³-hybridized carbons (Fsp3) is 0.250. The molecule has 17 heavy (non-hydrogen) atoms. The van der Waals surface area contributed by atoms with Crippen molar-refractivity contribution in [2.45, 2.75) is 12.4 Å². The summed E-state index contributed by atoms with van der Waals surface area (Å²) in [4.78, 5) is 0. The Kier molecular flexibility index (Phi) is 3.66. The van der Waals surface area contributed by atoms with E-state index in [0.717, 1.165) is 0 Å². The van der Waals surface area contributed by atoms with Crippen LogP contribution in [0, 0.1) is 0 Å². The fourth-order valence-electron chi connectivity index (χ4n) is 1.03. The van der Waals surface area contributed by atoms with Crippen LogP contribution in [-0.4, -0.2) is 18.4 Å². The van der Waals surface area contributed by atoms with Gasteiger partial charge in [0, 0.05) is 0 Å². The number of alkyl halides is 6. The molecule has 1 aromatic rings. The van der Waals surface area contributed by atoms with E-state index in [1.54, 1.807) is 0 Å². The second-order valence-electron chi connectivity index (χ2n) is 2.99. The molecule has 1 aromatic carbocycles. The first-order valence-electron chi connectivity index (χ1n) is 3.92. The van der Waals surface area contributed by atoms with Crippen molar-refractivity contribution >= 4 is 18.6 Å². The normalized spacial score (nSPS) is 14.8. The van der Waals surface area contributed by atoms with E-state index >= 15 is 0 Å². The summed E-state index contributed by atoms with van der Waals surface area (Å²) in [6, 6.07) is 0.387. The number of benzene rings is 1. The van der Waals surface area contributed by atoms with Crippen LogP contribution in [0.1, 0.15) is 11.1 Å². The van der Waals surface area contributed by atoms with Gasteiger partial charge in [-0.05, 0) is 0 Å². The average molecular weight is 325 g/mol. The summed E-state index contributed by atoms with van der Waals surface area (Å²) in [6.07, 6.45) is -10.0. The number of hydrogen-bond acceptors (Lipinski definition) is 1. The van der Waals surface area contributed by atoms with Crippen molar-refractivity contribution < 1.29 is 34.4 Å². The molecule has 0 aliphatic carbocycles. The molecule has 96 valence electrons. The first-order chi connectivity index (χ1) is 7.51. The number of rotatable bonds is 1. The molecule has 2 nitrogen and oxygen atoms in total. The van der Waals surface area contributed by atoms with Crippen LogP contribution in [0.3, 0.4) is 0 Å². The average Bonchev–Trinajstić information content (AvgIpc) is 2.14. The number of hydrogen-bond donors (Lipinski definition) is 1. The standard InChI is InChI=1S/C8H4F6O2Se/c9-7(10,11)4-1-5(8(12,13)14)3-6(2-4)17(15)16/h1-3H,(H,15,16). The Bertz CT molecular complexity index is 418. The van der Waals surface area contributed by atoms with Gasteiger partial charge in [-0.15, -0.1) is 0 Å². The third kappa shape index (κ3) is 3.52. The van der Waals surface area contributed by atoms with Crippen molar-refractivity contribution in [2.75, 3.05) is 0 Å². The maximum atomic E-state index is 12.3. The van der Waals surface area contributed by atoms with Gasteiger partial charge in [-0.2, -0.15) is 0 Å². The molecule has 0 aliphatic heterocycles. The topological polar surface area (TPSA) is 37.3 Å². The molecule has 0 aliphatic rings. The van der Waals surface area contributed by atoms with E-state index in [2.05, 4.69) is 0 Å². The van der Waals surface area contributed by atoms with Crippen LogP contribution in [-0.2, 0) is 16.2 Å². The molecule has 0 saturated heterocycles. The molecule has 1 N–H and O–H groups in total. The first kappa shape index (κ1) is 14.1. The van der Waals surface area contributed by atoms with Gasteiger partial charge >= 0.3 is 94.7 Å². The molecule has 0 heterocycles. The van der Waals surface area contributed by atoms with E-state index in [-0.39, 0.29) is 18.2 Å². The molecule has 9 heteroatoms. The third-order valence-corrected chi connectivity index (χ3v) is 3.10. The minimum atomic E-state index is -5.00. The molecular formula is C8H4F6O2Se. The molecule has 0 aromatic heterocycles. The van der Waals surface area contributed by atoms with E-state index in [9.17, 15) is 30.2 Å². The second kappa shape index (κ2) is 4.40. The van der Waals surface area contributed by atoms with Crippen LogP contribution < -0.4 is 4.46 Å². The Morgan fingerprint density at radius 2 is 1.24 bits per heavy atom. The van der Waals surface area contributed by atoms with E-state index in [1.165, 1.54) is 0 Å². The van der Waals surface area contributed by atoms with Crippen molar-refractivity contribution in [3.8, 4) is 0 Å². The zero-order valence-corrected chi connectivity index (χ0v) is 9.48. The van der Waals surface area contributed by atoms with Crippen molar-refractivity contribution in [2.24, 2.45) is 0 Å². The van der Waals surface area contributed by atoms with Crippen molar-refractivity contribution in [1.29, 1.82) is 0 Å².